The molecule has 1 heterocycles. The molecule has 23 heavy (non-hydrogen) atoms. The minimum absolute atomic E-state index is 0.291. The number of ether oxygens (including phenoxy) is 1. The van der Waals surface area contributed by atoms with Gasteiger partial charge in [0.2, 0.25) is 10.0 Å². The second kappa shape index (κ2) is 6.76. The first kappa shape index (κ1) is 17.6. The molecular weight excluding hydrogens is 312 g/mol. The Balaban J connectivity index is 2.08. The molecule has 0 unspecified atom stereocenters. The third kappa shape index (κ3) is 3.76. The fourth-order valence-electron chi connectivity index (χ4n) is 2.63. The number of methoxy groups -OCH3 is 1. The lowest BCUT2D eigenvalue weighted by Gasteiger charge is -2.10. The summed E-state index contributed by atoms with van der Waals surface area (Å²) < 4.78 is 34.8. The predicted octanol–water partition coefficient (Wildman–Crippen LogP) is 2.48. The largest absolute Gasteiger partial charge is 0.497 e. The zero-order valence-corrected chi connectivity index (χ0v) is 15.1. The molecule has 0 fully saturated rings. The van der Waals surface area contributed by atoms with Crippen LogP contribution in [0.5, 0.6) is 5.75 Å². The molecule has 2 rings (SSSR count). The van der Waals surface area contributed by atoms with E-state index in [1.165, 1.54) is 17.0 Å². The highest BCUT2D eigenvalue weighted by Crippen LogP contribution is 2.21. The lowest BCUT2D eigenvalue weighted by molar-refractivity contribution is 0.414. The first-order valence-corrected chi connectivity index (χ1v) is 9.00. The van der Waals surface area contributed by atoms with Gasteiger partial charge in [0.25, 0.3) is 0 Å². The molecule has 2 aromatic rings. The standard InChI is InChI=1S/C17H24N2O3S/c1-12-10-16(22-5)6-7-17(12)23(20,21)18-9-8-15-11-13(2)19(4)14(15)3/h6-7,10-11,18H,8-9H2,1-5H3. The molecule has 0 amide bonds. The third-order valence-electron chi connectivity index (χ3n) is 4.24. The first-order chi connectivity index (χ1) is 10.8. The van der Waals surface area contributed by atoms with Crippen molar-refractivity contribution in [1.29, 1.82) is 0 Å². The van der Waals surface area contributed by atoms with E-state index in [9.17, 15) is 8.42 Å². The SMILES string of the molecule is COc1ccc(S(=O)(=O)NCCc2cc(C)n(C)c2C)c(C)c1. The summed E-state index contributed by atoms with van der Waals surface area (Å²) >= 11 is 0. The minimum Gasteiger partial charge on any atom is -0.497 e. The Morgan fingerprint density at radius 1 is 1.17 bits per heavy atom. The van der Waals surface area contributed by atoms with Crippen LogP contribution in [0.1, 0.15) is 22.5 Å². The maximum Gasteiger partial charge on any atom is 0.240 e. The molecule has 0 bridgehead atoms. The van der Waals surface area contributed by atoms with Crippen LogP contribution in [0.2, 0.25) is 0 Å². The zero-order chi connectivity index (χ0) is 17.2. The summed E-state index contributed by atoms with van der Waals surface area (Å²) in [5.41, 5.74) is 4.18. The lowest BCUT2D eigenvalue weighted by Crippen LogP contribution is -2.26. The van der Waals surface area contributed by atoms with Gasteiger partial charge in [-0.05, 0) is 62.6 Å². The Morgan fingerprint density at radius 3 is 2.39 bits per heavy atom. The Bertz CT molecular complexity index is 807. The molecule has 0 aliphatic heterocycles. The van der Waals surface area contributed by atoms with Crippen molar-refractivity contribution in [3.63, 3.8) is 0 Å². The molecule has 1 aromatic heterocycles. The number of nitrogens with zero attached hydrogens (tertiary/aromatic N) is 1. The average Bonchev–Trinajstić information content (AvgIpc) is 2.74. The van der Waals surface area contributed by atoms with Crippen LogP contribution in [0.25, 0.3) is 0 Å². The Kier molecular flexibility index (Phi) is 5.16. The summed E-state index contributed by atoms with van der Waals surface area (Å²) in [6.45, 7) is 6.23. The third-order valence-corrected chi connectivity index (χ3v) is 5.86. The number of rotatable bonds is 6. The van der Waals surface area contributed by atoms with Gasteiger partial charge in [0.1, 0.15) is 5.75 Å². The van der Waals surface area contributed by atoms with Crippen molar-refractivity contribution < 1.29 is 13.2 Å². The highest BCUT2D eigenvalue weighted by molar-refractivity contribution is 7.89. The van der Waals surface area contributed by atoms with Crippen molar-refractivity contribution in [3.05, 3.63) is 46.8 Å². The molecule has 0 aliphatic carbocycles. The van der Waals surface area contributed by atoms with E-state index in [-0.39, 0.29) is 0 Å². The molecule has 0 aliphatic rings. The molecule has 1 N–H and O–H groups in total. The molecule has 1 aromatic carbocycles. The van der Waals surface area contributed by atoms with E-state index in [1.54, 1.807) is 32.2 Å². The smallest absolute Gasteiger partial charge is 0.240 e. The van der Waals surface area contributed by atoms with Gasteiger partial charge in [0.15, 0.2) is 0 Å². The van der Waals surface area contributed by atoms with Crippen LogP contribution in [0.3, 0.4) is 0 Å². The summed E-state index contributed by atoms with van der Waals surface area (Å²) in [5.74, 6) is 0.650. The summed E-state index contributed by atoms with van der Waals surface area (Å²) in [7, 11) is 0.0592. The zero-order valence-electron chi connectivity index (χ0n) is 14.3. The van der Waals surface area contributed by atoms with Gasteiger partial charge >= 0.3 is 0 Å². The monoisotopic (exact) mass is 336 g/mol. The van der Waals surface area contributed by atoms with Crippen LogP contribution >= 0.6 is 0 Å². The van der Waals surface area contributed by atoms with E-state index < -0.39 is 10.0 Å². The second-order valence-corrected chi connectivity index (χ2v) is 7.47. The van der Waals surface area contributed by atoms with Crippen LogP contribution in [-0.2, 0) is 23.5 Å². The Labute approximate surface area is 138 Å². The van der Waals surface area contributed by atoms with E-state index >= 15 is 0 Å². The molecule has 0 atom stereocenters. The molecule has 6 heteroatoms. The maximum atomic E-state index is 12.4. The molecule has 126 valence electrons. The fourth-order valence-corrected chi connectivity index (χ4v) is 3.89. The molecular formula is C17H24N2O3S. The van der Waals surface area contributed by atoms with Gasteiger partial charge in [-0.15, -0.1) is 0 Å². The molecule has 0 saturated carbocycles. The summed E-state index contributed by atoms with van der Waals surface area (Å²) in [6, 6.07) is 7.06. The van der Waals surface area contributed by atoms with Gasteiger partial charge in [-0.1, -0.05) is 0 Å². The summed E-state index contributed by atoms with van der Waals surface area (Å²) in [5, 5.41) is 0. The summed E-state index contributed by atoms with van der Waals surface area (Å²) in [6.07, 6.45) is 0.669. The Hall–Kier alpha value is -1.79. The number of aromatic nitrogens is 1. The molecule has 0 saturated heterocycles. The summed E-state index contributed by atoms with van der Waals surface area (Å²) in [4.78, 5) is 0.291. The van der Waals surface area contributed by atoms with E-state index in [0.717, 1.165) is 0 Å². The fraction of sp³-hybridized carbons (Fsp3) is 0.412. The highest BCUT2D eigenvalue weighted by Gasteiger charge is 2.17. The first-order valence-electron chi connectivity index (χ1n) is 7.52. The maximum absolute atomic E-state index is 12.4. The normalized spacial score (nSPS) is 11.7. The van der Waals surface area contributed by atoms with E-state index in [2.05, 4.69) is 15.4 Å². The van der Waals surface area contributed by atoms with Gasteiger partial charge in [-0.3, -0.25) is 0 Å². The van der Waals surface area contributed by atoms with Crippen LogP contribution in [0.15, 0.2) is 29.2 Å². The lowest BCUT2D eigenvalue weighted by atomic mass is 10.2. The van der Waals surface area contributed by atoms with Crippen molar-refractivity contribution in [1.82, 2.24) is 9.29 Å². The number of benzene rings is 1. The number of hydrogen-bond donors (Lipinski definition) is 1. The van der Waals surface area contributed by atoms with Crippen molar-refractivity contribution >= 4 is 10.0 Å². The van der Waals surface area contributed by atoms with Crippen LogP contribution < -0.4 is 9.46 Å². The highest BCUT2D eigenvalue weighted by atomic mass is 32.2. The predicted molar refractivity (Wildman–Crippen MR) is 91.5 cm³/mol. The van der Waals surface area contributed by atoms with E-state index in [1.807, 2.05) is 20.9 Å². The van der Waals surface area contributed by atoms with Gasteiger partial charge in [-0.2, -0.15) is 0 Å². The number of sulfonamides is 1. The van der Waals surface area contributed by atoms with Gasteiger partial charge < -0.3 is 9.30 Å². The van der Waals surface area contributed by atoms with Gasteiger partial charge in [-0.25, -0.2) is 13.1 Å². The van der Waals surface area contributed by atoms with Crippen molar-refractivity contribution in [2.45, 2.75) is 32.1 Å². The number of aryl methyl sites for hydroxylation is 2. The van der Waals surface area contributed by atoms with Crippen molar-refractivity contribution in [3.8, 4) is 5.75 Å². The quantitative estimate of drug-likeness (QED) is 0.881. The van der Waals surface area contributed by atoms with Crippen LogP contribution in [-0.4, -0.2) is 26.6 Å². The molecule has 0 radical (unpaired) electrons. The van der Waals surface area contributed by atoms with Crippen molar-refractivity contribution in [2.24, 2.45) is 7.05 Å². The average molecular weight is 336 g/mol. The Morgan fingerprint density at radius 2 is 1.87 bits per heavy atom. The van der Waals surface area contributed by atoms with Crippen molar-refractivity contribution in [2.75, 3.05) is 13.7 Å². The van der Waals surface area contributed by atoms with Crippen LogP contribution in [0, 0.1) is 20.8 Å². The number of hydrogen-bond acceptors (Lipinski definition) is 3. The van der Waals surface area contributed by atoms with Gasteiger partial charge in [0.05, 0.1) is 12.0 Å². The molecule has 0 spiro atoms. The van der Waals surface area contributed by atoms with E-state index in [0.29, 0.717) is 29.2 Å². The van der Waals surface area contributed by atoms with Gasteiger partial charge in [0, 0.05) is 25.0 Å². The van der Waals surface area contributed by atoms with Crippen LogP contribution in [0.4, 0.5) is 0 Å². The number of nitrogens with one attached hydrogen (secondary N) is 1. The topological polar surface area (TPSA) is 60.3 Å². The molecule has 5 nitrogen and oxygen atoms in total. The second-order valence-electron chi connectivity index (χ2n) is 5.73. The van der Waals surface area contributed by atoms with E-state index in [4.69, 9.17) is 4.74 Å². The minimum atomic E-state index is -3.51.